The number of pyridine rings is 1. The highest BCUT2D eigenvalue weighted by molar-refractivity contribution is 6.06. The molecule has 34 heavy (non-hydrogen) atoms. The van der Waals surface area contributed by atoms with Gasteiger partial charge in [-0.2, -0.15) is 5.10 Å². The Balaban J connectivity index is 1.28. The molecule has 3 aliphatic heterocycles. The fraction of sp³-hybridized carbons (Fsp3) is 0.423. The molecule has 1 atom stereocenters. The largest absolute Gasteiger partial charge is 0.368 e. The summed E-state index contributed by atoms with van der Waals surface area (Å²) in [7, 11) is 2.16. The molecule has 3 aliphatic rings. The lowest BCUT2D eigenvalue weighted by atomic mass is 9.91. The maximum atomic E-state index is 12.8. The van der Waals surface area contributed by atoms with Crippen LogP contribution in [0.1, 0.15) is 35.0 Å². The number of nitrogens with zero attached hydrogens (tertiary/aromatic N) is 5. The first-order valence-electron chi connectivity index (χ1n) is 12.2. The summed E-state index contributed by atoms with van der Waals surface area (Å²) in [4.78, 5) is 22.2. The fourth-order valence-electron chi connectivity index (χ4n) is 5.37. The average Bonchev–Trinajstić information content (AvgIpc) is 3.44. The van der Waals surface area contributed by atoms with E-state index in [2.05, 4.69) is 61.3 Å². The zero-order valence-corrected chi connectivity index (χ0v) is 19.8. The van der Waals surface area contributed by atoms with Gasteiger partial charge in [0.25, 0.3) is 5.91 Å². The highest BCUT2D eigenvalue weighted by atomic mass is 16.1. The number of fused-ring (bicyclic) bond motifs is 2. The first-order chi connectivity index (χ1) is 16.6. The summed E-state index contributed by atoms with van der Waals surface area (Å²) in [5, 5.41) is 11.0. The molecular weight excluding hydrogens is 426 g/mol. The van der Waals surface area contributed by atoms with Crippen LogP contribution < -0.4 is 15.5 Å². The third-order valence-corrected chi connectivity index (χ3v) is 7.46. The number of hydrogen-bond donors (Lipinski definition) is 2. The van der Waals surface area contributed by atoms with Crippen molar-refractivity contribution >= 4 is 23.1 Å². The van der Waals surface area contributed by atoms with Gasteiger partial charge in [-0.1, -0.05) is 13.0 Å². The molecule has 6 rings (SSSR count). The SMILES string of the molecule is C[C@H]1CCn2ncc(-c3ccc(Nc4ccc(N5CCN(C)CC5)cn4)c4c3CNC4=O)c2C1. The van der Waals surface area contributed by atoms with E-state index in [9.17, 15) is 4.79 Å². The van der Waals surface area contributed by atoms with Crippen LogP contribution in [0.2, 0.25) is 0 Å². The van der Waals surface area contributed by atoms with Crippen LogP contribution in [0.3, 0.4) is 0 Å². The number of aryl methyl sites for hydroxylation is 1. The minimum Gasteiger partial charge on any atom is -0.368 e. The highest BCUT2D eigenvalue weighted by Crippen LogP contribution is 2.38. The van der Waals surface area contributed by atoms with E-state index in [1.165, 1.54) is 5.69 Å². The molecule has 0 saturated carbocycles. The van der Waals surface area contributed by atoms with Gasteiger partial charge in [-0.3, -0.25) is 9.48 Å². The van der Waals surface area contributed by atoms with E-state index in [-0.39, 0.29) is 5.91 Å². The van der Waals surface area contributed by atoms with Crippen molar-refractivity contribution in [2.24, 2.45) is 5.92 Å². The normalized spacial score (nSPS) is 20.1. The molecule has 1 aromatic carbocycles. The van der Waals surface area contributed by atoms with Gasteiger partial charge in [0.1, 0.15) is 5.82 Å². The second-order valence-electron chi connectivity index (χ2n) is 9.84. The minimum absolute atomic E-state index is 0.0391. The van der Waals surface area contributed by atoms with Gasteiger partial charge in [0.05, 0.1) is 29.3 Å². The molecule has 1 fully saturated rings. The van der Waals surface area contributed by atoms with Gasteiger partial charge in [0, 0.05) is 50.5 Å². The van der Waals surface area contributed by atoms with Crippen molar-refractivity contribution in [3.8, 4) is 11.1 Å². The fourth-order valence-corrected chi connectivity index (χ4v) is 5.37. The molecular formula is C26H31N7O. The van der Waals surface area contributed by atoms with E-state index in [4.69, 9.17) is 0 Å². The summed E-state index contributed by atoms with van der Waals surface area (Å²) in [6.07, 6.45) is 6.07. The van der Waals surface area contributed by atoms with Crippen LogP contribution in [0.5, 0.6) is 0 Å². The van der Waals surface area contributed by atoms with Crippen molar-refractivity contribution in [3.05, 3.63) is 53.5 Å². The maximum Gasteiger partial charge on any atom is 0.254 e. The predicted octanol–water partition coefficient (Wildman–Crippen LogP) is 3.27. The van der Waals surface area contributed by atoms with E-state index in [1.54, 1.807) is 0 Å². The molecule has 8 nitrogen and oxygen atoms in total. The molecule has 176 valence electrons. The number of piperazine rings is 1. The van der Waals surface area contributed by atoms with E-state index < -0.39 is 0 Å². The Labute approximate surface area is 200 Å². The zero-order chi connectivity index (χ0) is 23.2. The van der Waals surface area contributed by atoms with Crippen molar-refractivity contribution in [1.29, 1.82) is 0 Å². The molecule has 0 aliphatic carbocycles. The van der Waals surface area contributed by atoms with Crippen molar-refractivity contribution < 1.29 is 4.79 Å². The predicted molar refractivity (Wildman–Crippen MR) is 134 cm³/mol. The number of carbonyl (C=O) groups is 1. The molecule has 0 unspecified atom stereocenters. The third kappa shape index (κ3) is 3.72. The Morgan fingerprint density at radius 2 is 1.88 bits per heavy atom. The molecule has 0 bridgehead atoms. The number of carbonyl (C=O) groups excluding carboxylic acids is 1. The zero-order valence-electron chi connectivity index (χ0n) is 19.8. The Bertz CT molecular complexity index is 1220. The maximum absolute atomic E-state index is 12.8. The van der Waals surface area contributed by atoms with Crippen LogP contribution in [0, 0.1) is 5.92 Å². The number of anilines is 3. The van der Waals surface area contributed by atoms with Crippen LogP contribution in [0.15, 0.2) is 36.7 Å². The number of benzene rings is 1. The quantitative estimate of drug-likeness (QED) is 0.626. The van der Waals surface area contributed by atoms with E-state index in [1.807, 2.05) is 24.5 Å². The third-order valence-electron chi connectivity index (χ3n) is 7.46. The topological polar surface area (TPSA) is 78.3 Å². The molecule has 1 amide bonds. The Morgan fingerprint density at radius 1 is 1.03 bits per heavy atom. The van der Waals surface area contributed by atoms with Crippen molar-refractivity contribution in [1.82, 2.24) is 25.0 Å². The van der Waals surface area contributed by atoms with Crippen molar-refractivity contribution in [2.75, 3.05) is 43.4 Å². The number of likely N-dealkylation sites (N-methyl/N-ethyl adjacent to an activating group) is 1. The summed E-state index contributed by atoms with van der Waals surface area (Å²) < 4.78 is 2.13. The van der Waals surface area contributed by atoms with Gasteiger partial charge in [-0.15, -0.1) is 0 Å². The Hall–Kier alpha value is -3.39. The molecule has 0 radical (unpaired) electrons. The van der Waals surface area contributed by atoms with Gasteiger partial charge >= 0.3 is 0 Å². The van der Waals surface area contributed by atoms with Crippen LogP contribution in [0.25, 0.3) is 11.1 Å². The number of nitrogens with one attached hydrogen (secondary N) is 2. The van der Waals surface area contributed by atoms with E-state index in [0.717, 1.165) is 79.4 Å². The average molecular weight is 458 g/mol. The monoisotopic (exact) mass is 457 g/mol. The van der Waals surface area contributed by atoms with Gasteiger partial charge in [0.15, 0.2) is 0 Å². The first kappa shape index (κ1) is 21.2. The molecule has 1 saturated heterocycles. The van der Waals surface area contributed by atoms with Crippen LogP contribution in [0.4, 0.5) is 17.2 Å². The number of hydrogen-bond acceptors (Lipinski definition) is 6. The molecule has 2 aromatic heterocycles. The lowest BCUT2D eigenvalue weighted by Crippen LogP contribution is -2.44. The Morgan fingerprint density at radius 3 is 2.68 bits per heavy atom. The summed E-state index contributed by atoms with van der Waals surface area (Å²) in [5.74, 6) is 1.35. The number of amides is 1. The Kier molecular flexibility index (Phi) is 5.25. The summed E-state index contributed by atoms with van der Waals surface area (Å²) in [6, 6.07) is 8.23. The van der Waals surface area contributed by atoms with Gasteiger partial charge < -0.3 is 20.4 Å². The summed E-state index contributed by atoms with van der Waals surface area (Å²) >= 11 is 0. The number of rotatable bonds is 4. The second-order valence-corrected chi connectivity index (χ2v) is 9.84. The number of aromatic nitrogens is 3. The highest BCUT2D eigenvalue weighted by Gasteiger charge is 2.29. The first-order valence-corrected chi connectivity index (χ1v) is 12.2. The smallest absolute Gasteiger partial charge is 0.254 e. The van der Waals surface area contributed by atoms with E-state index in [0.29, 0.717) is 18.0 Å². The molecule has 8 heteroatoms. The van der Waals surface area contributed by atoms with Crippen LogP contribution in [-0.2, 0) is 19.5 Å². The molecule has 2 N–H and O–H groups in total. The molecule has 0 spiro atoms. The second kappa shape index (κ2) is 8.43. The van der Waals surface area contributed by atoms with Crippen molar-refractivity contribution in [3.63, 3.8) is 0 Å². The lowest BCUT2D eigenvalue weighted by Gasteiger charge is -2.33. The van der Waals surface area contributed by atoms with Crippen molar-refractivity contribution in [2.45, 2.75) is 32.9 Å². The van der Waals surface area contributed by atoms with Gasteiger partial charge in [0.2, 0.25) is 0 Å². The lowest BCUT2D eigenvalue weighted by molar-refractivity contribution is 0.0966. The molecule has 3 aromatic rings. The van der Waals surface area contributed by atoms with Crippen LogP contribution >= 0.6 is 0 Å². The van der Waals surface area contributed by atoms with Gasteiger partial charge in [-0.05, 0) is 55.1 Å². The standard InChI is InChI=1S/C26H31N7O/c1-17-7-8-33-23(13-17)20(16-29-33)19-4-5-22(25-21(19)15-28-26(25)34)30-24-6-3-18(14-27-24)32-11-9-31(2)10-12-32/h3-6,14,16-17H,7-13,15H2,1-2H3,(H,27,30)(H,28,34)/t17-/m0/s1. The van der Waals surface area contributed by atoms with E-state index >= 15 is 0 Å². The van der Waals surface area contributed by atoms with Crippen LogP contribution in [-0.4, -0.2) is 58.8 Å². The summed E-state index contributed by atoms with van der Waals surface area (Å²) in [6.45, 7) is 7.94. The van der Waals surface area contributed by atoms with Gasteiger partial charge in [-0.25, -0.2) is 4.98 Å². The molecule has 5 heterocycles. The summed E-state index contributed by atoms with van der Waals surface area (Å²) in [5.41, 5.74) is 7.22. The minimum atomic E-state index is -0.0391.